The fourth-order valence-corrected chi connectivity index (χ4v) is 12.1. The van der Waals surface area contributed by atoms with Gasteiger partial charge in [-0.25, -0.2) is 4.79 Å². The summed E-state index contributed by atoms with van der Waals surface area (Å²) in [6.07, 6.45) is 0. The zero-order valence-electron chi connectivity index (χ0n) is 39.6. The molecule has 0 aliphatic carbocycles. The van der Waals surface area contributed by atoms with E-state index < -0.39 is 5.97 Å². The Labute approximate surface area is 478 Å². The van der Waals surface area contributed by atoms with E-state index in [1.807, 2.05) is 48.5 Å². The Balaban J connectivity index is 0.000000179. The summed E-state index contributed by atoms with van der Waals surface area (Å²) in [6.45, 7) is 7.82. The van der Waals surface area contributed by atoms with Crippen molar-refractivity contribution < 1.29 is 14.7 Å². The number of hydrogen-bond donors (Lipinski definition) is 5. The highest BCUT2D eigenvalue weighted by Crippen LogP contribution is 2.42. The molecule has 2 aliphatic rings. The van der Waals surface area contributed by atoms with Crippen LogP contribution in [0, 0.1) is 11.3 Å². The molecule has 0 spiro atoms. The number of piperazine rings is 2. The van der Waals surface area contributed by atoms with Crippen molar-refractivity contribution in [3.05, 3.63) is 161 Å². The second-order valence-electron chi connectivity index (χ2n) is 17.3. The summed E-state index contributed by atoms with van der Waals surface area (Å²) >= 11 is 46.4. The van der Waals surface area contributed by atoms with Gasteiger partial charge < -0.3 is 45.7 Å². The molecule has 0 radical (unpaired) electrons. The molecule has 2 fully saturated rings. The van der Waals surface area contributed by atoms with Gasteiger partial charge in [-0.05, 0) is 123 Å². The summed E-state index contributed by atoms with van der Waals surface area (Å²) in [4.78, 5) is 42.6. The fourth-order valence-electron chi connectivity index (χ4n) is 8.15. The Hall–Kier alpha value is -5.12. The van der Waals surface area contributed by atoms with Crippen LogP contribution in [0.25, 0.3) is 21.8 Å². The first-order valence-corrected chi connectivity index (χ1v) is 27.1. The molecule has 0 atom stereocenters. The molecule has 4 heterocycles. The van der Waals surface area contributed by atoms with E-state index >= 15 is 0 Å². The Bertz CT molecular complexity index is 3430. The molecule has 6 N–H and O–H groups in total. The highest BCUT2D eigenvalue weighted by atomic mass is 35.5. The molecule has 2 saturated heterocycles. The molecule has 75 heavy (non-hydrogen) atoms. The molecule has 10 rings (SSSR count). The van der Waals surface area contributed by atoms with Crippen LogP contribution in [-0.4, -0.2) is 103 Å². The number of aromatic carboxylic acids is 1. The molecular weight excluding hydrogens is 1130 g/mol. The molecule has 6 aromatic carbocycles. The molecule has 12 nitrogen and oxygen atoms in total. The summed E-state index contributed by atoms with van der Waals surface area (Å²) in [5.41, 5.74) is 11.5. The maximum atomic E-state index is 13.1. The van der Waals surface area contributed by atoms with Crippen molar-refractivity contribution in [1.82, 2.24) is 19.8 Å². The number of nitrogens with one attached hydrogen (secondary N) is 3. The van der Waals surface area contributed by atoms with E-state index in [0.29, 0.717) is 63.3 Å². The second-order valence-corrected chi connectivity index (χ2v) is 22.5. The molecular formula is C54H50Cl7N9O3S2. The summed E-state index contributed by atoms with van der Waals surface area (Å²) in [5, 5.41) is 26.6. The van der Waals surface area contributed by atoms with Gasteiger partial charge in [0.1, 0.15) is 17.5 Å². The quantitative estimate of drug-likeness (QED) is 0.0875. The molecule has 0 saturated carbocycles. The fraction of sp³-hybridized carbons (Fsp3) is 0.204. The van der Waals surface area contributed by atoms with Crippen LogP contribution in [0.3, 0.4) is 0 Å². The van der Waals surface area contributed by atoms with E-state index in [-0.39, 0.29) is 19.0 Å². The lowest BCUT2D eigenvalue weighted by molar-refractivity contribution is 0.0691. The number of carbonyl (C=O) groups excluding carboxylic acids is 1. The summed E-state index contributed by atoms with van der Waals surface area (Å²) in [7, 11) is 4.23. The third kappa shape index (κ3) is 14.7. The van der Waals surface area contributed by atoms with Gasteiger partial charge in [0.05, 0.1) is 32.0 Å². The van der Waals surface area contributed by atoms with Crippen LogP contribution in [0.1, 0.15) is 34.0 Å². The SMILES string of the molecule is C.CN1CCN(c2ccc(N)cc2C#N)CC1.CN1CCN(c2ccc(NC(=O)c3cc4c(Sc5ccc(Cl)cc5Cl)cc(Cl)cc4[nH]3)cc2Cl)CC1.O=C(O)c1cc2c(Sc3ccc(Cl)cc3Cl)cc(Cl)cc2[nH]1. The first-order valence-electron chi connectivity index (χ1n) is 22.8. The number of H-pyrrole nitrogens is 2. The average Bonchev–Trinajstić information content (AvgIpc) is 4.01. The van der Waals surface area contributed by atoms with Crippen molar-refractivity contribution in [3.63, 3.8) is 0 Å². The number of rotatable bonds is 9. The Kier molecular flexibility index (Phi) is 19.8. The van der Waals surface area contributed by atoms with E-state index in [1.165, 1.54) is 23.5 Å². The molecule has 21 heteroatoms. The lowest BCUT2D eigenvalue weighted by atomic mass is 10.1. The zero-order valence-corrected chi connectivity index (χ0v) is 46.5. The smallest absolute Gasteiger partial charge is 0.352 e. The van der Waals surface area contributed by atoms with Gasteiger partial charge in [-0.3, -0.25) is 4.79 Å². The second kappa shape index (κ2) is 25.8. The van der Waals surface area contributed by atoms with Gasteiger partial charge in [0.2, 0.25) is 0 Å². The lowest BCUT2D eigenvalue weighted by Gasteiger charge is -2.34. The highest BCUT2D eigenvalue weighted by molar-refractivity contribution is 8.00. The van der Waals surface area contributed by atoms with Gasteiger partial charge in [0, 0.05) is 125 Å². The van der Waals surface area contributed by atoms with Gasteiger partial charge in [-0.15, -0.1) is 0 Å². The molecule has 0 bridgehead atoms. The first kappa shape index (κ1) is 57.6. The van der Waals surface area contributed by atoms with Crippen molar-refractivity contribution in [1.29, 1.82) is 5.26 Å². The average molecular weight is 1190 g/mol. The number of amides is 1. The van der Waals surface area contributed by atoms with E-state index in [2.05, 4.69) is 55.0 Å². The Morgan fingerprint density at radius 2 is 1.05 bits per heavy atom. The third-order valence-electron chi connectivity index (χ3n) is 12.1. The third-order valence-corrected chi connectivity index (χ3v) is 16.4. The number of fused-ring (bicyclic) bond motifs is 2. The van der Waals surface area contributed by atoms with Gasteiger partial charge in [0.25, 0.3) is 5.91 Å². The molecule has 0 unspecified atom stereocenters. The van der Waals surface area contributed by atoms with Crippen LogP contribution in [0.2, 0.25) is 35.2 Å². The highest BCUT2D eigenvalue weighted by Gasteiger charge is 2.21. The minimum absolute atomic E-state index is 0. The number of hydrogen-bond acceptors (Lipinski definition) is 10. The number of nitriles is 1. The standard InChI is InChI=1S/C26H22Cl4N4OS.C15H8Cl3NO2S.C12H16N4.CH4/c1-33-6-8-34(9-7-33)23-4-3-17(13-19(23)29)31-26(35)22-14-18-21(32-22)11-16(28)12-25(18)36-24-5-2-15(27)10-20(24)30;16-7-1-2-13(10(18)3-7)22-14-5-8(17)4-11-9(14)6-12(19-11)15(20)21;1-15-4-6-16(7-5-15)12-3-2-11(14)8-10(12)9-13;/h2-5,10-14,32H,6-9H2,1H3,(H,31,35);1-6,19H,(H,20,21);2-3,8H,4-7,14H2,1H3;1H4. The molecule has 2 aliphatic heterocycles. The minimum atomic E-state index is -1.02. The van der Waals surface area contributed by atoms with Gasteiger partial charge in [-0.2, -0.15) is 5.26 Å². The zero-order chi connectivity index (χ0) is 52.8. The number of likely N-dealkylation sites (N-methyl/N-ethyl adjacent to an activating group) is 2. The van der Waals surface area contributed by atoms with Crippen LogP contribution in [0.4, 0.5) is 22.7 Å². The lowest BCUT2D eigenvalue weighted by Crippen LogP contribution is -2.44. The topological polar surface area (TPSA) is 161 Å². The van der Waals surface area contributed by atoms with Crippen molar-refractivity contribution >= 4 is 161 Å². The van der Waals surface area contributed by atoms with Gasteiger partial charge >= 0.3 is 5.97 Å². The van der Waals surface area contributed by atoms with E-state index in [0.717, 1.165) is 99.6 Å². The number of nitrogens with two attached hydrogens (primary N) is 1. The predicted octanol–water partition coefficient (Wildman–Crippen LogP) is 15.4. The van der Waals surface area contributed by atoms with Gasteiger partial charge in [0.15, 0.2) is 0 Å². The predicted molar refractivity (Wildman–Crippen MR) is 316 cm³/mol. The van der Waals surface area contributed by atoms with Crippen LogP contribution in [0.5, 0.6) is 0 Å². The number of carboxylic acids is 1. The Morgan fingerprint density at radius 1 is 0.573 bits per heavy atom. The number of anilines is 4. The largest absolute Gasteiger partial charge is 0.477 e. The normalized spacial score (nSPS) is 13.8. The van der Waals surface area contributed by atoms with E-state index in [1.54, 1.807) is 60.7 Å². The van der Waals surface area contributed by atoms with Crippen LogP contribution >= 0.6 is 105 Å². The maximum Gasteiger partial charge on any atom is 0.352 e. The molecule has 390 valence electrons. The Morgan fingerprint density at radius 3 is 1.53 bits per heavy atom. The van der Waals surface area contributed by atoms with E-state index in [4.69, 9.17) is 97.3 Å². The number of aromatic nitrogens is 2. The van der Waals surface area contributed by atoms with E-state index in [9.17, 15) is 9.59 Å². The minimum Gasteiger partial charge on any atom is -0.477 e. The van der Waals surface area contributed by atoms with Crippen LogP contribution in [0.15, 0.2) is 129 Å². The first-order chi connectivity index (χ1) is 35.4. The number of nitrogen functional groups attached to an aromatic ring is 1. The summed E-state index contributed by atoms with van der Waals surface area (Å²) < 4.78 is 0. The van der Waals surface area contributed by atoms with Crippen molar-refractivity contribution in [2.75, 3.05) is 87.3 Å². The number of carboxylic acid groups (broad SMARTS) is 1. The molecule has 2 aromatic heterocycles. The number of carbonyl (C=O) groups is 2. The van der Waals surface area contributed by atoms with Crippen molar-refractivity contribution in [2.45, 2.75) is 27.0 Å². The summed E-state index contributed by atoms with van der Waals surface area (Å²) in [5.74, 6) is -1.29. The van der Waals surface area contributed by atoms with Crippen molar-refractivity contribution in [2.24, 2.45) is 0 Å². The summed E-state index contributed by atoms with van der Waals surface area (Å²) in [6, 6.07) is 34.4. The van der Waals surface area contributed by atoms with Crippen LogP contribution < -0.4 is 20.9 Å². The monoisotopic (exact) mass is 1180 g/mol. The number of nitrogens with zero attached hydrogens (tertiary/aromatic N) is 5. The molecule has 1 amide bonds. The number of halogens is 7. The van der Waals surface area contributed by atoms with Crippen LogP contribution in [-0.2, 0) is 0 Å². The molecule has 8 aromatic rings. The van der Waals surface area contributed by atoms with Gasteiger partial charge in [-0.1, -0.05) is 112 Å². The number of benzene rings is 6. The van der Waals surface area contributed by atoms with Crippen molar-refractivity contribution in [3.8, 4) is 6.07 Å². The maximum absolute atomic E-state index is 13.1. The number of aromatic amines is 2.